The fourth-order valence-corrected chi connectivity index (χ4v) is 2.04. The summed E-state index contributed by atoms with van der Waals surface area (Å²) in [6, 6.07) is 14.9. The summed E-state index contributed by atoms with van der Waals surface area (Å²) in [7, 11) is 0. The van der Waals surface area contributed by atoms with Gasteiger partial charge in [-0.15, -0.1) is 0 Å². The zero-order chi connectivity index (χ0) is 15.1. The van der Waals surface area contributed by atoms with Gasteiger partial charge in [-0.05, 0) is 36.2 Å². The molecule has 0 saturated carbocycles. The molecule has 4 heteroatoms. The lowest BCUT2D eigenvalue weighted by Crippen LogP contribution is -2.23. The molecule has 0 aliphatic carbocycles. The molecule has 0 unspecified atom stereocenters. The molecule has 3 N–H and O–H groups in total. The average molecular weight is 284 g/mol. The van der Waals surface area contributed by atoms with Crippen LogP contribution in [0.2, 0.25) is 0 Å². The maximum atomic E-state index is 12.1. The zero-order valence-electron chi connectivity index (χ0n) is 12.1. The maximum Gasteiger partial charge on any atom is 0.251 e. The van der Waals surface area contributed by atoms with E-state index in [-0.39, 0.29) is 5.91 Å². The lowest BCUT2D eigenvalue weighted by atomic mass is 10.1. The van der Waals surface area contributed by atoms with E-state index in [2.05, 4.69) is 5.32 Å². The number of ether oxygens (including phenoxy) is 1. The highest BCUT2D eigenvalue weighted by Crippen LogP contribution is 2.11. The van der Waals surface area contributed by atoms with Crippen molar-refractivity contribution in [3.8, 4) is 0 Å². The number of nitrogens with one attached hydrogen (secondary N) is 1. The van der Waals surface area contributed by atoms with Crippen LogP contribution in [0.15, 0.2) is 48.5 Å². The molecule has 0 aliphatic heterocycles. The van der Waals surface area contributed by atoms with Crippen molar-refractivity contribution >= 4 is 11.6 Å². The number of carbonyl (C=O) groups is 1. The molecule has 2 rings (SSSR count). The topological polar surface area (TPSA) is 64.3 Å². The van der Waals surface area contributed by atoms with Gasteiger partial charge in [-0.25, -0.2) is 0 Å². The Morgan fingerprint density at radius 3 is 2.62 bits per heavy atom. The highest BCUT2D eigenvalue weighted by atomic mass is 16.5. The van der Waals surface area contributed by atoms with Gasteiger partial charge in [0.25, 0.3) is 5.91 Å². The number of anilines is 1. The highest BCUT2D eigenvalue weighted by molar-refractivity contribution is 5.94. The van der Waals surface area contributed by atoms with Crippen molar-refractivity contribution in [1.82, 2.24) is 5.32 Å². The average Bonchev–Trinajstić information content (AvgIpc) is 2.51. The van der Waals surface area contributed by atoms with Gasteiger partial charge in [-0.3, -0.25) is 4.79 Å². The van der Waals surface area contributed by atoms with E-state index in [0.29, 0.717) is 31.0 Å². The van der Waals surface area contributed by atoms with Crippen molar-refractivity contribution in [3.05, 3.63) is 65.2 Å². The van der Waals surface area contributed by atoms with E-state index in [1.165, 1.54) is 0 Å². The highest BCUT2D eigenvalue weighted by Gasteiger charge is 2.07. The first kappa shape index (κ1) is 15.1. The molecular formula is C17H20N2O2. The van der Waals surface area contributed by atoms with Crippen LogP contribution in [0.4, 0.5) is 5.69 Å². The summed E-state index contributed by atoms with van der Waals surface area (Å²) in [5, 5.41) is 2.91. The van der Waals surface area contributed by atoms with E-state index in [4.69, 9.17) is 10.5 Å². The van der Waals surface area contributed by atoms with Crippen molar-refractivity contribution in [2.24, 2.45) is 0 Å². The molecule has 0 fully saturated rings. The number of rotatable bonds is 6. The van der Waals surface area contributed by atoms with E-state index >= 15 is 0 Å². The summed E-state index contributed by atoms with van der Waals surface area (Å²) in [4.78, 5) is 12.1. The van der Waals surface area contributed by atoms with Crippen molar-refractivity contribution in [2.75, 3.05) is 12.3 Å². The SMILES string of the molecule is CCOCc1ccccc1CNC(=O)c1cccc(N)c1. The quantitative estimate of drug-likeness (QED) is 0.802. The zero-order valence-corrected chi connectivity index (χ0v) is 12.1. The van der Waals surface area contributed by atoms with Crippen LogP contribution in [0, 0.1) is 0 Å². The molecule has 4 nitrogen and oxygen atoms in total. The molecule has 110 valence electrons. The molecule has 2 aromatic rings. The van der Waals surface area contributed by atoms with Crippen molar-refractivity contribution < 1.29 is 9.53 Å². The smallest absolute Gasteiger partial charge is 0.251 e. The van der Waals surface area contributed by atoms with Crippen LogP contribution >= 0.6 is 0 Å². The Balaban J connectivity index is 2.01. The second kappa shape index (κ2) is 7.45. The largest absolute Gasteiger partial charge is 0.399 e. The Labute approximate surface area is 124 Å². The van der Waals surface area contributed by atoms with Crippen molar-refractivity contribution in [3.63, 3.8) is 0 Å². The fraction of sp³-hybridized carbons (Fsp3) is 0.235. The molecule has 0 spiro atoms. The third-order valence-electron chi connectivity index (χ3n) is 3.17. The Kier molecular flexibility index (Phi) is 5.35. The molecule has 21 heavy (non-hydrogen) atoms. The molecule has 0 atom stereocenters. The monoisotopic (exact) mass is 284 g/mol. The summed E-state index contributed by atoms with van der Waals surface area (Å²) in [6.07, 6.45) is 0. The lowest BCUT2D eigenvalue weighted by Gasteiger charge is -2.11. The van der Waals surface area contributed by atoms with Gasteiger partial charge in [0.1, 0.15) is 0 Å². The predicted molar refractivity (Wildman–Crippen MR) is 83.8 cm³/mol. The molecule has 2 aromatic carbocycles. The predicted octanol–water partition coefficient (Wildman–Crippen LogP) is 2.74. The van der Waals surface area contributed by atoms with E-state index in [1.54, 1.807) is 24.3 Å². The Morgan fingerprint density at radius 1 is 1.14 bits per heavy atom. The van der Waals surface area contributed by atoms with Crippen LogP contribution in [0.3, 0.4) is 0 Å². The van der Waals surface area contributed by atoms with Crippen LogP contribution in [0.25, 0.3) is 0 Å². The van der Waals surface area contributed by atoms with Gasteiger partial charge in [0, 0.05) is 24.4 Å². The fourth-order valence-electron chi connectivity index (χ4n) is 2.04. The number of carbonyl (C=O) groups excluding carboxylic acids is 1. The third kappa shape index (κ3) is 4.33. The van der Waals surface area contributed by atoms with Crippen LogP contribution in [-0.2, 0) is 17.9 Å². The van der Waals surface area contributed by atoms with Crippen molar-refractivity contribution in [1.29, 1.82) is 0 Å². The van der Waals surface area contributed by atoms with Gasteiger partial charge in [0.15, 0.2) is 0 Å². The minimum absolute atomic E-state index is 0.131. The van der Waals surface area contributed by atoms with E-state index in [0.717, 1.165) is 11.1 Å². The third-order valence-corrected chi connectivity index (χ3v) is 3.17. The Hall–Kier alpha value is -2.33. The van der Waals surface area contributed by atoms with Gasteiger partial charge in [-0.2, -0.15) is 0 Å². The molecule has 0 radical (unpaired) electrons. The van der Waals surface area contributed by atoms with Gasteiger partial charge >= 0.3 is 0 Å². The summed E-state index contributed by atoms with van der Waals surface area (Å²) in [5.74, 6) is -0.131. The first-order chi connectivity index (χ1) is 10.2. The standard InChI is InChI=1S/C17H20N2O2/c1-2-21-12-15-7-4-3-6-14(15)11-19-17(20)13-8-5-9-16(18)10-13/h3-10H,2,11-12,18H2,1H3,(H,19,20). The summed E-state index contributed by atoms with van der Waals surface area (Å²) in [6.45, 7) is 3.66. The van der Waals surface area contributed by atoms with Gasteiger partial charge in [-0.1, -0.05) is 30.3 Å². The number of benzene rings is 2. The number of amides is 1. The van der Waals surface area contributed by atoms with Crippen molar-refractivity contribution in [2.45, 2.75) is 20.1 Å². The number of hydrogen-bond acceptors (Lipinski definition) is 3. The molecule has 0 heterocycles. The van der Waals surface area contributed by atoms with E-state index in [9.17, 15) is 4.79 Å². The summed E-state index contributed by atoms with van der Waals surface area (Å²) in [5.41, 5.74) is 8.98. The molecule has 1 amide bonds. The first-order valence-electron chi connectivity index (χ1n) is 6.99. The van der Waals surface area contributed by atoms with E-state index in [1.807, 2.05) is 31.2 Å². The molecular weight excluding hydrogens is 264 g/mol. The van der Waals surface area contributed by atoms with Crippen LogP contribution in [0.1, 0.15) is 28.4 Å². The Bertz CT molecular complexity index is 611. The van der Waals surface area contributed by atoms with Crippen LogP contribution < -0.4 is 11.1 Å². The number of nitrogens with two attached hydrogens (primary N) is 1. The Morgan fingerprint density at radius 2 is 1.90 bits per heavy atom. The normalized spacial score (nSPS) is 10.3. The first-order valence-corrected chi connectivity index (χ1v) is 6.99. The number of nitrogen functional groups attached to an aromatic ring is 1. The second-order valence-electron chi connectivity index (χ2n) is 4.71. The minimum Gasteiger partial charge on any atom is -0.399 e. The summed E-state index contributed by atoms with van der Waals surface area (Å²) >= 11 is 0. The van der Waals surface area contributed by atoms with Gasteiger partial charge < -0.3 is 15.8 Å². The minimum atomic E-state index is -0.131. The maximum absolute atomic E-state index is 12.1. The van der Waals surface area contributed by atoms with Gasteiger partial charge in [0.05, 0.1) is 6.61 Å². The van der Waals surface area contributed by atoms with Gasteiger partial charge in [0.2, 0.25) is 0 Å². The van der Waals surface area contributed by atoms with E-state index < -0.39 is 0 Å². The van der Waals surface area contributed by atoms with Crippen LogP contribution in [0.5, 0.6) is 0 Å². The lowest BCUT2D eigenvalue weighted by molar-refractivity contribution is 0.0950. The second-order valence-corrected chi connectivity index (χ2v) is 4.71. The summed E-state index contributed by atoms with van der Waals surface area (Å²) < 4.78 is 5.44. The molecule has 0 bridgehead atoms. The van der Waals surface area contributed by atoms with Crippen LogP contribution in [-0.4, -0.2) is 12.5 Å². The number of hydrogen-bond donors (Lipinski definition) is 2. The molecule has 0 saturated heterocycles. The molecule has 0 aromatic heterocycles. The molecule has 0 aliphatic rings.